The fourth-order valence-corrected chi connectivity index (χ4v) is 4.36. The van der Waals surface area contributed by atoms with E-state index in [1.54, 1.807) is 10.4 Å². The number of nitrogens with one attached hydrogen (secondary N) is 1. The van der Waals surface area contributed by atoms with Gasteiger partial charge in [-0.15, -0.1) is 11.3 Å². The molecule has 76 valence electrons. The van der Waals surface area contributed by atoms with Crippen molar-refractivity contribution in [3.8, 4) is 0 Å². The van der Waals surface area contributed by atoms with Crippen LogP contribution in [0.2, 0.25) is 0 Å². The molecule has 0 atom stereocenters. The average molecular weight is 207 g/mol. The molecule has 1 N–H and O–H groups in total. The lowest BCUT2D eigenvalue weighted by atomic mass is 9.69. The first-order chi connectivity index (χ1) is 6.91. The van der Waals surface area contributed by atoms with Crippen LogP contribution in [0.15, 0.2) is 11.4 Å². The van der Waals surface area contributed by atoms with Crippen LogP contribution in [0.3, 0.4) is 0 Å². The Balaban J connectivity index is 2.01. The first-order valence-corrected chi connectivity index (χ1v) is 6.56. The van der Waals surface area contributed by atoms with Crippen molar-refractivity contribution in [1.29, 1.82) is 0 Å². The third-order valence-corrected chi connectivity index (χ3v) is 5.09. The maximum absolute atomic E-state index is 3.48. The van der Waals surface area contributed by atoms with E-state index in [2.05, 4.69) is 16.8 Å². The number of rotatable bonds is 0. The second-order valence-corrected chi connectivity index (χ2v) is 5.57. The van der Waals surface area contributed by atoms with Gasteiger partial charge in [-0.25, -0.2) is 0 Å². The Morgan fingerprint density at radius 2 is 2.07 bits per heavy atom. The quantitative estimate of drug-likeness (QED) is 0.689. The van der Waals surface area contributed by atoms with Crippen molar-refractivity contribution in [3.05, 3.63) is 21.9 Å². The lowest BCUT2D eigenvalue weighted by Gasteiger charge is -2.40. The zero-order valence-corrected chi connectivity index (χ0v) is 9.33. The number of piperidine rings is 1. The van der Waals surface area contributed by atoms with E-state index in [1.165, 1.54) is 45.2 Å². The van der Waals surface area contributed by atoms with Crippen LogP contribution in [0.4, 0.5) is 0 Å². The van der Waals surface area contributed by atoms with Gasteiger partial charge in [0.1, 0.15) is 0 Å². The standard InChI is InChI=1S/C12H17NS/c1-2-10-3-9-14-11(10)12(4-1)5-7-13-8-6-12/h3,9,13H,1-2,4-8H2. The van der Waals surface area contributed by atoms with Crippen molar-refractivity contribution in [2.45, 2.75) is 37.5 Å². The molecule has 1 aromatic heterocycles. The fourth-order valence-electron chi connectivity index (χ4n) is 3.11. The predicted octanol–water partition coefficient (Wildman–Crippen LogP) is 2.71. The molecule has 1 saturated heterocycles. The Morgan fingerprint density at radius 3 is 2.93 bits per heavy atom. The Hall–Kier alpha value is -0.340. The summed E-state index contributed by atoms with van der Waals surface area (Å²) in [5, 5.41) is 5.78. The summed E-state index contributed by atoms with van der Waals surface area (Å²) < 4.78 is 0. The third kappa shape index (κ3) is 1.24. The largest absolute Gasteiger partial charge is 0.317 e. The van der Waals surface area contributed by atoms with Crippen molar-refractivity contribution in [2.75, 3.05) is 13.1 Å². The molecule has 2 heteroatoms. The highest BCUT2D eigenvalue weighted by atomic mass is 32.1. The summed E-state index contributed by atoms with van der Waals surface area (Å²) in [4.78, 5) is 1.73. The fraction of sp³-hybridized carbons (Fsp3) is 0.667. The molecule has 14 heavy (non-hydrogen) atoms. The third-order valence-electron chi connectivity index (χ3n) is 3.89. The molecule has 1 aliphatic carbocycles. The minimum Gasteiger partial charge on any atom is -0.317 e. The maximum Gasteiger partial charge on any atom is 0.0140 e. The molecule has 0 saturated carbocycles. The summed E-state index contributed by atoms with van der Waals surface area (Å²) in [6.07, 6.45) is 6.89. The second-order valence-electron chi connectivity index (χ2n) is 4.66. The first-order valence-electron chi connectivity index (χ1n) is 5.68. The monoisotopic (exact) mass is 207 g/mol. The summed E-state index contributed by atoms with van der Waals surface area (Å²) in [6, 6.07) is 2.35. The number of thiophene rings is 1. The van der Waals surface area contributed by atoms with Crippen molar-refractivity contribution < 1.29 is 0 Å². The molecular weight excluding hydrogens is 190 g/mol. The van der Waals surface area contributed by atoms with Crippen LogP contribution < -0.4 is 5.32 Å². The molecular formula is C12H17NS. The molecule has 0 radical (unpaired) electrons. The number of aryl methyl sites for hydroxylation is 1. The lowest BCUT2D eigenvalue weighted by molar-refractivity contribution is 0.274. The van der Waals surface area contributed by atoms with Crippen LogP contribution in [-0.4, -0.2) is 13.1 Å². The summed E-state index contributed by atoms with van der Waals surface area (Å²) in [6.45, 7) is 2.44. The second kappa shape index (κ2) is 3.35. The molecule has 1 fully saturated rings. The number of hydrogen-bond acceptors (Lipinski definition) is 2. The molecule has 0 amide bonds. The van der Waals surface area contributed by atoms with Gasteiger partial charge in [-0.2, -0.15) is 0 Å². The smallest absolute Gasteiger partial charge is 0.0140 e. The minimum atomic E-state index is 0.576. The molecule has 1 nitrogen and oxygen atoms in total. The first kappa shape index (κ1) is 8.93. The van der Waals surface area contributed by atoms with Crippen LogP contribution >= 0.6 is 11.3 Å². The van der Waals surface area contributed by atoms with E-state index in [9.17, 15) is 0 Å². The van der Waals surface area contributed by atoms with Gasteiger partial charge in [-0.05, 0) is 62.2 Å². The van der Waals surface area contributed by atoms with E-state index >= 15 is 0 Å². The van der Waals surface area contributed by atoms with Gasteiger partial charge in [0.2, 0.25) is 0 Å². The van der Waals surface area contributed by atoms with Crippen molar-refractivity contribution in [3.63, 3.8) is 0 Å². The Morgan fingerprint density at radius 1 is 1.21 bits per heavy atom. The normalized spacial score (nSPS) is 24.9. The van der Waals surface area contributed by atoms with Crippen molar-refractivity contribution in [1.82, 2.24) is 5.32 Å². The topological polar surface area (TPSA) is 12.0 Å². The van der Waals surface area contributed by atoms with Crippen LogP contribution in [0.1, 0.15) is 36.1 Å². The van der Waals surface area contributed by atoms with Gasteiger partial charge >= 0.3 is 0 Å². The minimum absolute atomic E-state index is 0.576. The van der Waals surface area contributed by atoms with Gasteiger partial charge in [0.05, 0.1) is 0 Å². The molecule has 3 rings (SSSR count). The highest BCUT2D eigenvalue weighted by Crippen LogP contribution is 2.45. The van der Waals surface area contributed by atoms with Gasteiger partial charge in [-0.1, -0.05) is 0 Å². The van der Waals surface area contributed by atoms with Gasteiger partial charge in [0, 0.05) is 10.3 Å². The van der Waals surface area contributed by atoms with Crippen LogP contribution in [0.5, 0.6) is 0 Å². The van der Waals surface area contributed by atoms with E-state index in [0.717, 1.165) is 0 Å². The van der Waals surface area contributed by atoms with Crippen LogP contribution in [-0.2, 0) is 11.8 Å². The molecule has 0 aromatic carbocycles. The summed E-state index contributed by atoms with van der Waals surface area (Å²) in [5.74, 6) is 0. The molecule has 2 aliphatic rings. The Labute approximate surface area is 89.5 Å². The van der Waals surface area contributed by atoms with E-state index in [1.807, 2.05) is 11.3 Å². The van der Waals surface area contributed by atoms with Gasteiger partial charge in [-0.3, -0.25) is 0 Å². The predicted molar refractivity (Wildman–Crippen MR) is 61.0 cm³/mol. The Kier molecular flexibility index (Phi) is 2.14. The van der Waals surface area contributed by atoms with Crippen LogP contribution in [0, 0.1) is 0 Å². The van der Waals surface area contributed by atoms with E-state index in [0.29, 0.717) is 5.41 Å². The van der Waals surface area contributed by atoms with Gasteiger partial charge < -0.3 is 5.32 Å². The summed E-state index contributed by atoms with van der Waals surface area (Å²) >= 11 is 2.00. The molecule has 1 aromatic rings. The highest BCUT2D eigenvalue weighted by Gasteiger charge is 2.38. The number of hydrogen-bond donors (Lipinski definition) is 1. The van der Waals surface area contributed by atoms with E-state index in [-0.39, 0.29) is 0 Å². The SMILES string of the molecule is c1cc2c(s1)C1(CCC2)CCNCC1. The van der Waals surface area contributed by atoms with Gasteiger partial charge in [0.15, 0.2) is 0 Å². The van der Waals surface area contributed by atoms with Crippen molar-refractivity contribution >= 4 is 11.3 Å². The zero-order valence-electron chi connectivity index (χ0n) is 8.51. The Bertz CT molecular complexity index is 323. The van der Waals surface area contributed by atoms with E-state index < -0.39 is 0 Å². The molecule has 0 unspecified atom stereocenters. The van der Waals surface area contributed by atoms with Gasteiger partial charge in [0.25, 0.3) is 0 Å². The van der Waals surface area contributed by atoms with Crippen LogP contribution in [0.25, 0.3) is 0 Å². The number of fused-ring (bicyclic) bond motifs is 2. The molecule has 2 heterocycles. The summed E-state index contributed by atoms with van der Waals surface area (Å²) in [7, 11) is 0. The average Bonchev–Trinajstić information content (AvgIpc) is 2.69. The maximum atomic E-state index is 3.48. The highest BCUT2D eigenvalue weighted by molar-refractivity contribution is 7.10. The lowest BCUT2D eigenvalue weighted by Crippen LogP contribution is -2.41. The van der Waals surface area contributed by atoms with Crippen molar-refractivity contribution in [2.24, 2.45) is 0 Å². The molecule has 0 bridgehead atoms. The molecule has 1 aliphatic heterocycles. The molecule has 1 spiro atoms. The summed E-state index contributed by atoms with van der Waals surface area (Å²) in [5.41, 5.74) is 2.23. The van der Waals surface area contributed by atoms with E-state index in [4.69, 9.17) is 0 Å². The zero-order chi connectivity index (χ0) is 9.43.